The molecule has 28 heavy (non-hydrogen) atoms. The van der Waals surface area contributed by atoms with E-state index in [4.69, 9.17) is 14.2 Å². The van der Waals surface area contributed by atoms with Crippen LogP contribution in [-0.4, -0.2) is 22.5 Å². The molecule has 0 saturated carbocycles. The number of rotatable bonds is 6. The van der Waals surface area contributed by atoms with Gasteiger partial charge < -0.3 is 18.6 Å². The molecule has 0 fully saturated rings. The van der Waals surface area contributed by atoms with Crippen molar-refractivity contribution in [3.63, 3.8) is 0 Å². The Morgan fingerprint density at radius 2 is 1.79 bits per heavy atom. The van der Waals surface area contributed by atoms with Crippen molar-refractivity contribution in [3.8, 4) is 17.2 Å². The maximum absolute atomic E-state index is 11.9. The van der Waals surface area contributed by atoms with Crippen LogP contribution in [-0.2, 0) is 11.3 Å². The van der Waals surface area contributed by atoms with Crippen molar-refractivity contribution < 1.29 is 19.0 Å². The minimum absolute atomic E-state index is 0.380. The lowest BCUT2D eigenvalue weighted by Crippen LogP contribution is -2.03. The van der Waals surface area contributed by atoms with Crippen molar-refractivity contribution in [2.24, 2.45) is 0 Å². The Morgan fingerprint density at radius 3 is 2.54 bits per heavy atom. The van der Waals surface area contributed by atoms with Crippen LogP contribution in [0, 0.1) is 0 Å². The van der Waals surface area contributed by atoms with Gasteiger partial charge in [-0.05, 0) is 35.9 Å². The highest BCUT2D eigenvalue weighted by Crippen LogP contribution is 2.29. The van der Waals surface area contributed by atoms with Gasteiger partial charge >= 0.3 is 5.97 Å². The fourth-order valence-electron chi connectivity index (χ4n) is 2.78. The molecule has 2 aromatic carbocycles. The zero-order valence-electron chi connectivity index (χ0n) is 15.2. The first-order chi connectivity index (χ1) is 13.7. The quantitative estimate of drug-likeness (QED) is 0.465. The monoisotopic (exact) mass is 374 g/mol. The van der Waals surface area contributed by atoms with Gasteiger partial charge in [-0.25, -0.2) is 9.78 Å². The van der Waals surface area contributed by atoms with Crippen LogP contribution in [0.25, 0.3) is 5.52 Å². The number of fused-ring (bicyclic) bond motifs is 1. The van der Waals surface area contributed by atoms with Crippen molar-refractivity contribution in [2.45, 2.75) is 6.61 Å². The molecule has 0 aliphatic rings. The number of aromatic nitrogens is 2. The highest BCUT2D eigenvalue weighted by molar-refractivity contribution is 5.90. The second-order valence-corrected chi connectivity index (χ2v) is 6.12. The Kier molecular flexibility index (Phi) is 4.93. The van der Waals surface area contributed by atoms with E-state index in [9.17, 15) is 4.79 Å². The molecule has 0 saturated heterocycles. The average Bonchev–Trinajstić information content (AvgIpc) is 3.22. The second kappa shape index (κ2) is 7.84. The third-order valence-electron chi connectivity index (χ3n) is 4.20. The number of imidazole rings is 1. The van der Waals surface area contributed by atoms with Crippen LogP contribution < -0.4 is 9.47 Å². The summed E-state index contributed by atoms with van der Waals surface area (Å²) in [6.45, 7) is 0.499. The molecule has 0 spiro atoms. The second-order valence-electron chi connectivity index (χ2n) is 6.12. The number of carbonyl (C=O) groups excluding carboxylic acids is 1. The number of hydrogen-bond acceptors (Lipinski definition) is 5. The van der Waals surface area contributed by atoms with Crippen LogP contribution in [0.4, 0.5) is 0 Å². The summed E-state index contributed by atoms with van der Waals surface area (Å²) in [5.41, 5.74) is 2.23. The van der Waals surface area contributed by atoms with Crippen LogP contribution in [0.2, 0.25) is 0 Å². The standard InChI is InChI=1S/C22H18N2O4/c1-26-22(25)17-11-21(20-12-23-15-24(20)13-17)28-19-9-7-18(8-10-19)27-14-16-5-3-2-4-6-16/h2-13,15H,14H2,1H3. The number of benzene rings is 2. The fourth-order valence-corrected chi connectivity index (χ4v) is 2.78. The van der Waals surface area contributed by atoms with Gasteiger partial charge in [0.05, 0.1) is 25.2 Å². The van der Waals surface area contributed by atoms with Crippen LogP contribution in [0.3, 0.4) is 0 Å². The molecular formula is C22H18N2O4. The minimum Gasteiger partial charge on any atom is -0.489 e. The number of carbonyl (C=O) groups is 1. The minimum atomic E-state index is -0.440. The van der Waals surface area contributed by atoms with Gasteiger partial charge in [-0.1, -0.05) is 30.3 Å². The van der Waals surface area contributed by atoms with Crippen molar-refractivity contribution in [3.05, 3.63) is 90.5 Å². The topological polar surface area (TPSA) is 62.1 Å². The molecule has 2 heterocycles. The Bertz CT molecular complexity index is 1090. The van der Waals surface area contributed by atoms with Crippen molar-refractivity contribution >= 4 is 11.5 Å². The fraction of sp³-hybridized carbons (Fsp3) is 0.0909. The smallest absolute Gasteiger partial charge is 0.339 e. The lowest BCUT2D eigenvalue weighted by Gasteiger charge is -2.11. The normalized spacial score (nSPS) is 10.6. The van der Waals surface area contributed by atoms with E-state index in [2.05, 4.69) is 4.98 Å². The summed E-state index contributed by atoms with van der Waals surface area (Å²) in [7, 11) is 1.34. The Labute approximate surface area is 161 Å². The molecule has 0 amide bonds. The van der Waals surface area contributed by atoms with Crippen LogP contribution in [0.5, 0.6) is 17.2 Å². The number of methoxy groups -OCH3 is 1. The van der Waals surface area contributed by atoms with E-state index in [-0.39, 0.29) is 0 Å². The molecule has 0 bridgehead atoms. The lowest BCUT2D eigenvalue weighted by molar-refractivity contribution is 0.0600. The molecule has 0 atom stereocenters. The number of ether oxygens (including phenoxy) is 3. The maximum Gasteiger partial charge on any atom is 0.339 e. The third-order valence-corrected chi connectivity index (χ3v) is 4.20. The maximum atomic E-state index is 11.9. The van der Waals surface area contributed by atoms with Gasteiger partial charge in [-0.15, -0.1) is 0 Å². The predicted molar refractivity (Wildman–Crippen MR) is 104 cm³/mol. The molecule has 0 radical (unpaired) electrons. The van der Waals surface area contributed by atoms with Crippen LogP contribution >= 0.6 is 0 Å². The molecule has 0 unspecified atom stereocenters. The molecule has 2 aromatic heterocycles. The van der Waals surface area contributed by atoms with E-state index in [1.807, 2.05) is 54.6 Å². The molecular weight excluding hydrogens is 356 g/mol. The number of pyridine rings is 1. The van der Waals surface area contributed by atoms with Crippen LogP contribution in [0.15, 0.2) is 79.4 Å². The summed E-state index contributed by atoms with van der Waals surface area (Å²) in [5, 5.41) is 0. The largest absolute Gasteiger partial charge is 0.489 e. The highest BCUT2D eigenvalue weighted by atomic mass is 16.5. The molecule has 0 aliphatic heterocycles. The van der Waals surface area contributed by atoms with Gasteiger partial charge in [0.15, 0.2) is 5.75 Å². The summed E-state index contributed by atoms with van der Waals surface area (Å²) in [5.74, 6) is 1.44. The Balaban J connectivity index is 1.51. The molecule has 6 nitrogen and oxygen atoms in total. The summed E-state index contributed by atoms with van der Waals surface area (Å²) >= 11 is 0. The van der Waals surface area contributed by atoms with Crippen LogP contribution in [0.1, 0.15) is 15.9 Å². The number of nitrogens with zero attached hydrogens (tertiary/aromatic N) is 2. The van der Waals surface area contributed by atoms with Crippen molar-refractivity contribution in [1.29, 1.82) is 0 Å². The third kappa shape index (κ3) is 3.81. The van der Waals surface area contributed by atoms with Gasteiger partial charge in [0.2, 0.25) is 0 Å². The van der Waals surface area contributed by atoms with Crippen molar-refractivity contribution in [2.75, 3.05) is 7.11 Å². The summed E-state index contributed by atoms with van der Waals surface area (Å²) in [6.07, 6.45) is 4.93. The molecule has 140 valence electrons. The highest BCUT2D eigenvalue weighted by Gasteiger charge is 2.13. The molecule has 0 aliphatic carbocycles. The predicted octanol–water partition coefficient (Wildman–Crippen LogP) is 4.49. The SMILES string of the molecule is COC(=O)c1cc(Oc2ccc(OCc3ccccc3)cc2)c2cncn2c1. The Morgan fingerprint density at radius 1 is 1.04 bits per heavy atom. The lowest BCUT2D eigenvalue weighted by atomic mass is 10.2. The first kappa shape index (κ1) is 17.6. The van der Waals surface area contributed by atoms with E-state index in [1.54, 1.807) is 29.2 Å². The first-order valence-electron chi connectivity index (χ1n) is 8.71. The van der Waals surface area contributed by atoms with E-state index >= 15 is 0 Å². The molecule has 0 N–H and O–H groups in total. The van der Waals surface area contributed by atoms with E-state index < -0.39 is 5.97 Å². The van der Waals surface area contributed by atoms with E-state index in [0.29, 0.717) is 23.7 Å². The van der Waals surface area contributed by atoms with Gasteiger partial charge in [-0.2, -0.15) is 0 Å². The summed E-state index contributed by atoms with van der Waals surface area (Å²) in [6, 6.07) is 18.9. The average molecular weight is 374 g/mol. The molecule has 6 heteroatoms. The molecule has 4 aromatic rings. The number of esters is 1. The van der Waals surface area contributed by atoms with E-state index in [1.165, 1.54) is 7.11 Å². The van der Waals surface area contributed by atoms with Gasteiger partial charge in [0.1, 0.15) is 23.6 Å². The zero-order valence-corrected chi connectivity index (χ0v) is 15.2. The van der Waals surface area contributed by atoms with E-state index in [0.717, 1.165) is 16.8 Å². The van der Waals surface area contributed by atoms with Gasteiger partial charge in [-0.3, -0.25) is 0 Å². The zero-order chi connectivity index (χ0) is 19.3. The van der Waals surface area contributed by atoms with Gasteiger partial charge in [0.25, 0.3) is 0 Å². The summed E-state index contributed by atoms with van der Waals surface area (Å²) < 4.78 is 18.3. The Hall–Kier alpha value is -3.80. The number of hydrogen-bond donors (Lipinski definition) is 0. The summed E-state index contributed by atoms with van der Waals surface area (Å²) in [4.78, 5) is 16.0. The van der Waals surface area contributed by atoms with Gasteiger partial charge in [0, 0.05) is 6.20 Å². The molecule has 4 rings (SSSR count). The van der Waals surface area contributed by atoms with Crippen molar-refractivity contribution in [1.82, 2.24) is 9.38 Å². The first-order valence-corrected chi connectivity index (χ1v) is 8.71.